The van der Waals surface area contributed by atoms with Gasteiger partial charge in [-0.15, -0.1) is 0 Å². The fraction of sp³-hybridized carbons (Fsp3) is 0.692. The van der Waals surface area contributed by atoms with Crippen molar-refractivity contribution in [1.82, 2.24) is 10.6 Å². The summed E-state index contributed by atoms with van der Waals surface area (Å²) in [4.78, 5) is 45.2. The first-order valence-corrected chi connectivity index (χ1v) is 6.56. The monoisotopic (exact) mass is 302 g/mol. The third-order valence-electron chi connectivity index (χ3n) is 2.79. The molecule has 0 unspecified atom stereocenters. The molecule has 3 N–H and O–H groups in total. The van der Waals surface area contributed by atoms with E-state index in [9.17, 15) is 19.2 Å². The van der Waals surface area contributed by atoms with Crippen LogP contribution in [0.4, 0.5) is 0 Å². The summed E-state index contributed by atoms with van der Waals surface area (Å²) in [5.74, 6) is -3.00. The number of hydrogen-bond acceptors (Lipinski definition) is 5. The van der Waals surface area contributed by atoms with Crippen molar-refractivity contribution in [2.45, 2.75) is 45.7 Å². The predicted molar refractivity (Wildman–Crippen MR) is 73.3 cm³/mol. The minimum absolute atomic E-state index is 0.0847. The normalized spacial score (nSPS) is 13.2. The van der Waals surface area contributed by atoms with Crippen LogP contribution in [0.25, 0.3) is 0 Å². The maximum absolute atomic E-state index is 12.0. The van der Waals surface area contributed by atoms with Gasteiger partial charge in [0.1, 0.15) is 12.1 Å². The van der Waals surface area contributed by atoms with E-state index >= 15 is 0 Å². The zero-order valence-electron chi connectivity index (χ0n) is 12.6. The molecule has 2 amide bonds. The average molecular weight is 302 g/mol. The van der Waals surface area contributed by atoms with E-state index in [1.807, 2.05) is 0 Å². The van der Waals surface area contributed by atoms with E-state index in [0.717, 1.165) is 0 Å². The van der Waals surface area contributed by atoms with Gasteiger partial charge in [-0.05, 0) is 12.3 Å². The predicted octanol–water partition coefficient (Wildman–Crippen LogP) is -0.330. The number of nitrogens with one attached hydrogen (secondary N) is 2. The summed E-state index contributed by atoms with van der Waals surface area (Å²) in [5, 5.41) is 13.8. The molecule has 0 heterocycles. The number of methoxy groups -OCH3 is 1. The Labute approximate surface area is 123 Å². The Morgan fingerprint density at radius 3 is 2.10 bits per heavy atom. The highest BCUT2D eigenvalue weighted by atomic mass is 16.5. The van der Waals surface area contributed by atoms with Gasteiger partial charge in [0.15, 0.2) is 0 Å². The Morgan fingerprint density at radius 2 is 1.71 bits per heavy atom. The molecule has 0 rings (SSSR count). The highest BCUT2D eigenvalue weighted by Crippen LogP contribution is 2.05. The number of esters is 1. The van der Waals surface area contributed by atoms with Gasteiger partial charge in [-0.3, -0.25) is 14.4 Å². The van der Waals surface area contributed by atoms with E-state index in [1.165, 1.54) is 14.0 Å². The SMILES string of the molecule is COC(=O)CC[C@@H](NC(=O)[C@H](NC(C)=O)C(C)C)C(=O)O. The molecular formula is C13H22N2O6. The number of carbonyl (C=O) groups is 4. The zero-order chi connectivity index (χ0) is 16.6. The van der Waals surface area contributed by atoms with Gasteiger partial charge in [0, 0.05) is 13.3 Å². The van der Waals surface area contributed by atoms with Gasteiger partial charge in [0.2, 0.25) is 11.8 Å². The molecule has 0 radical (unpaired) electrons. The molecule has 0 saturated carbocycles. The topological polar surface area (TPSA) is 122 Å². The second kappa shape index (κ2) is 8.93. The first kappa shape index (κ1) is 18.9. The molecule has 0 aliphatic carbocycles. The number of carboxylic acid groups (broad SMARTS) is 1. The van der Waals surface area contributed by atoms with Crippen molar-refractivity contribution in [2.24, 2.45) is 5.92 Å². The minimum atomic E-state index is -1.25. The number of carboxylic acids is 1. The van der Waals surface area contributed by atoms with Gasteiger partial charge in [-0.2, -0.15) is 0 Å². The molecule has 0 bridgehead atoms. The molecule has 0 fully saturated rings. The highest BCUT2D eigenvalue weighted by Gasteiger charge is 2.28. The third kappa shape index (κ3) is 7.28. The van der Waals surface area contributed by atoms with Gasteiger partial charge >= 0.3 is 11.9 Å². The number of hydrogen-bond donors (Lipinski definition) is 3. The van der Waals surface area contributed by atoms with Crippen molar-refractivity contribution >= 4 is 23.8 Å². The Bertz CT molecular complexity index is 407. The molecule has 21 heavy (non-hydrogen) atoms. The van der Waals surface area contributed by atoms with Crippen LogP contribution in [0.1, 0.15) is 33.6 Å². The van der Waals surface area contributed by atoms with Crippen LogP contribution in [0.2, 0.25) is 0 Å². The lowest BCUT2D eigenvalue weighted by Crippen LogP contribution is -2.53. The number of rotatable bonds is 8. The van der Waals surface area contributed by atoms with E-state index in [0.29, 0.717) is 0 Å². The lowest BCUT2D eigenvalue weighted by atomic mass is 10.0. The molecule has 0 aromatic carbocycles. The van der Waals surface area contributed by atoms with Crippen LogP contribution in [0, 0.1) is 5.92 Å². The highest BCUT2D eigenvalue weighted by molar-refractivity contribution is 5.90. The number of amides is 2. The summed E-state index contributed by atoms with van der Waals surface area (Å²) in [6, 6.07) is -2.05. The summed E-state index contributed by atoms with van der Waals surface area (Å²) < 4.78 is 4.42. The largest absolute Gasteiger partial charge is 0.480 e. The standard InChI is InChI=1S/C13H22N2O6/c1-7(2)11(14-8(3)16)12(18)15-9(13(19)20)5-6-10(17)21-4/h7,9,11H,5-6H2,1-4H3,(H,14,16)(H,15,18)(H,19,20)/t9-,11-/m1/s1. The van der Waals surface area contributed by atoms with E-state index < -0.39 is 29.9 Å². The molecule has 0 saturated heterocycles. The van der Waals surface area contributed by atoms with Crippen LogP contribution in [-0.2, 0) is 23.9 Å². The van der Waals surface area contributed by atoms with Crippen molar-refractivity contribution in [3.8, 4) is 0 Å². The first-order valence-electron chi connectivity index (χ1n) is 6.56. The van der Waals surface area contributed by atoms with Crippen LogP contribution in [0.5, 0.6) is 0 Å². The molecule has 0 aliphatic rings. The Kier molecular flexibility index (Phi) is 8.03. The number of aliphatic carboxylic acids is 1. The van der Waals surface area contributed by atoms with E-state index in [4.69, 9.17) is 5.11 Å². The molecule has 0 aromatic heterocycles. The van der Waals surface area contributed by atoms with E-state index in [-0.39, 0.29) is 24.7 Å². The lowest BCUT2D eigenvalue weighted by molar-refractivity contribution is -0.144. The van der Waals surface area contributed by atoms with Crippen molar-refractivity contribution in [3.63, 3.8) is 0 Å². The second-order valence-electron chi connectivity index (χ2n) is 4.94. The summed E-state index contributed by atoms with van der Waals surface area (Å²) in [6.07, 6.45) is -0.209. The van der Waals surface area contributed by atoms with Crippen molar-refractivity contribution in [1.29, 1.82) is 0 Å². The van der Waals surface area contributed by atoms with E-state index in [2.05, 4.69) is 15.4 Å². The molecule has 8 heteroatoms. The van der Waals surface area contributed by atoms with Gasteiger partial charge in [-0.1, -0.05) is 13.8 Å². The van der Waals surface area contributed by atoms with E-state index in [1.54, 1.807) is 13.8 Å². The molecule has 0 aliphatic heterocycles. The summed E-state index contributed by atoms with van der Waals surface area (Å²) in [5.41, 5.74) is 0. The van der Waals surface area contributed by atoms with Crippen LogP contribution in [0.3, 0.4) is 0 Å². The fourth-order valence-electron chi connectivity index (χ4n) is 1.64. The maximum Gasteiger partial charge on any atom is 0.326 e. The molecule has 0 aromatic rings. The second-order valence-corrected chi connectivity index (χ2v) is 4.94. The van der Waals surface area contributed by atoms with Crippen molar-refractivity contribution < 1.29 is 29.0 Å². The van der Waals surface area contributed by atoms with Gasteiger partial charge < -0.3 is 20.5 Å². The molecule has 0 spiro atoms. The van der Waals surface area contributed by atoms with Crippen LogP contribution < -0.4 is 10.6 Å². The molecule has 8 nitrogen and oxygen atoms in total. The Hall–Kier alpha value is -2.12. The number of ether oxygens (including phenoxy) is 1. The summed E-state index contributed by atoms with van der Waals surface area (Å²) in [6.45, 7) is 4.73. The van der Waals surface area contributed by atoms with Crippen LogP contribution in [-0.4, -0.2) is 48.1 Å². The van der Waals surface area contributed by atoms with Gasteiger partial charge in [0.25, 0.3) is 0 Å². The van der Waals surface area contributed by atoms with Gasteiger partial charge in [-0.25, -0.2) is 4.79 Å². The van der Waals surface area contributed by atoms with Gasteiger partial charge in [0.05, 0.1) is 7.11 Å². The van der Waals surface area contributed by atoms with Crippen LogP contribution in [0.15, 0.2) is 0 Å². The number of carbonyl (C=O) groups excluding carboxylic acids is 3. The minimum Gasteiger partial charge on any atom is -0.480 e. The first-order chi connectivity index (χ1) is 9.68. The summed E-state index contributed by atoms with van der Waals surface area (Å²) >= 11 is 0. The third-order valence-corrected chi connectivity index (χ3v) is 2.79. The average Bonchev–Trinajstić information content (AvgIpc) is 2.38. The van der Waals surface area contributed by atoms with Crippen molar-refractivity contribution in [3.05, 3.63) is 0 Å². The van der Waals surface area contributed by atoms with Crippen molar-refractivity contribution in [2.75, 3.05) is 7.11 Å². The lowest BCUT2D eigenvalue weighted by Gasteiger charge is -2.23. The quantitative estimate of drug-likeness (QED) is 0.528. The Morgan fingerprint density at radius 1 is 1.14 bits per heavy atom. The fourth-order valence-corrected chi connectivity index (χ4v) is 1.64. The molecule has 120 valence electrons. The van der Waals surface area contributed by atoms with Crippen LogP contribution >= 0.6 is 0 Å². The molecular weight excluding hydrogens is 280 g/mol. The summed E-state index contributed by atoms with van der Waals surface area (Å²) in [7, 11) is 1.20. The zero-order valence-corrected chi connectivity index (χ0v) is 12.6. The Balaban J connectivity index is 4.74. The smallest absolute Gasteiger partial charge is 0.326 e. The molecule has 2 atom stereocenters. The maximum atomic E-state index is 12.0.